The molecule has 4 aromatic rings. The van der Waals surface area contributed by atoms with Crippen LogP contribution in [-0.2, 0) is 11.3 Å². The minimum Gasteiger partial charge on any atom is -0.481 e. The van der Waals surface area contributed by atoms with Crippen molar-refractivity contribution in [1.82, 2.24) is 14.9 Å². The summed E-state index contributed by atoms with van der Waals surface area (Å²) in [6, 6.07) is 17.7. The quantitative estimate of drug-likeness (QED) is 0.316. The number of carbonyl (C=O) groups excluding carboxylic acids is 1. The third-order valence-electron chi connectivity index (χ3n) is 8.10. The highest BCUT2D eigenvalue weighted by Crippen LogP contribution is 2.58. The lowest BCUT2D eigenvalue weighted by Gasteiger charge is -2.56. The number of aromatic nitrogens is 2. The number of hydrogen-bond acceptors (Lipinski definition) is 4. The summed E-state index contributed by atoms with van der Waals surface area (Å²) in [5.41, 5.74) is 4.68. The SMILES string of the molecule is COc1cc(-c2ccc(Cn3ccc4c(Cl)ccc(C(=O)NC5CC6(C5)CC(C(=O)O)C6)c43)cc2)ccn1. The lowest BCUT2D eigenvalue weighted by atomic mass is 9.50. The summed E-state index contributed by atoms with van der Waals surface area (Å²) in [6.07, 6.45) is 6.82. The van der Waals surface area contributed by atoms with E-state index in [1.807, 2.05) is 24.4 Å². The number of nitrogens with zero attached hydrogens (tertiary/aromatic N) is 2. The molecule has 0 atom stereocenters. The molecule has 2 saturated carbocycles. The fourth-order valence-corrected chi connectivity index (χ4v) is 6.37. The molecule has 0 unspecified atom stereocenters. The van der Waals surface area contributed by atoms with Gasteiger partial charge in [-0.15, -0.1) is 0 Å². The zero-order chi connectivity index (χ0) is 26.4. The number of amides is 1. The molecule has 2 heterocycles. The number of methoxy groups -OCH3 is 1. The van der Waals surface area contributed by atoms with Crippen LogP contribution in [0.25, 0.3) is 22.0 Å². The Bertz CT molecular complexity index is 1530. The Hall–Kier alpha value is -3.84. The Morgan fingerprint density at radius 2 is 1.84 bits per heavy atom. The predicted molar refractivity (Wildman–Crippen MR) is 146 cm³/mol. The van der Waals surface area contributed by atoms with E-state index in [0.717, 1.165) is 53.3 Å². The van der Waals surface area contributed by atoms with E-state index in [0.29, 0.717) is 23.0 Å². The molecule has 2 aliphatic carbocycles. The van der Waals surface area contributed by atoms with Gasteiger partial charge in [-0.3, -0.25) is 9.59 Å². The fourth-order valence-electron chi connectivity index (χ4n) is 6.15. The van der Waals surface area contributed by atoms with Gasteiger partial charge < -0.3 is 19.7 Å². The summed E-state index contributed by atoms with van der Waals surface area (Å²) < 4.78 is 7.30. The summed E-state index contributed by atoms with van der Waals surface area (Å²) >= 11 is 6.50. The Labute approximate surface area is 225 Å². The van der Waals surface area contributed by atoms with E-state index >= 15 is 0 Å². The van der Waals surface area contributed by atoms with E-state index in [4.69, 9.17) is 16.3 Å². The van der Waals surface area contributed by atoms with Crippen molar-refractivity contribution >= 4 is 34.4 Å². The minimum absolute atomic E-state index is 0.0748. The second-order valence-electron chi connectivity index (χ2n) is 10.6. The van der Waals surface area contributed by atoms with Gasteiger partial charge in [-0.25, -0.2) is 4.98 Å². The zero-order valence-corrected chi connectivity index (χ0v) is 21.7. The van der Waals surface area contributed by atoms with Crippen LogP contribution in [0, 0.1) is 11.3 Å². The maximum atomic E-state index is 13.3. The van der Waals surface area contributed by atoms with Gasteiger partial charge in [0.2, 0.25) is 5.88 Å². The second kappa shape index (κ2) is 9.48. The van der Waals surface area contributed by atoms with Gasteiger partial charge in [-0.2, -0.15) is 0 Å². The smallest absolute Gasteiger partial charge is 0.306 e. The topological polar surface area (TPSA) is 93.5 Å². The minimum atomic E-state index is -0.709. The number of pyridine rings is 1. The van der Waals surface area contributed by atoms with Gasteiger partial charge in [0, 0.05) is 41.5 Å². The van der Waals surface area contributed by atoms with Crippen molar-refractivity contribution < 1.29 is 19.4 Å². The van der Waals surface area contributed by atoms with Crippen molar-refractivity contribution in [2.24, 2.45) is 11.3 Å². The number of fused-ring (bicyclic) bond motifs is 1. The summed E-state index contributed by atoms with van der Waals surface area (Å²) in [7, 11) is 1.60. The molecule has 2 fully saturated rings. The molecule has 6 rings (SSSR count). The summed E-state index contributed by atoms with van der Waals surface area (Å²) in [6.45, 7) is 0.590. The van der Waals surface area contributed by atoms with Gasteiger partial charge in [-0.1, -0.05) is 35.9 Å². The third-order valence-corrected chi connectivity index (χ3v) is 8.43. The van der Waals surface area contributed by atoms with Crippen LogP contribution in [0.5, 0.6) is 5.88 Å². The molecule has 0 bridgehead atoms. The van der Waals surface area contributed by atoms with Crippen LogP contribution in [-0.4, -0.2) is 39.7 Å². The molecule has 0 saturated heterocycles. The number of rotatable bonds is 7. The summed E-state index contributed by atoms with van der Waals surface area (Å²) in [5.74, 6) is -0.489. The number of benzene rings is 2. The molecule has 2 aliphatic rings. The van der Waals surface area contributed by atoms with Gasteiger partial charge >= 0.3 is 5.97 Å². The fraction of sp³-hybridized carbons (Fsp3) is 0.300. The van der Waals surface area contributed by atoms with Gasteiger partial charge in [0.15, 0.2) is 0 Å². The molecule has 1 spiro atoms. The maximum absolute atomic E-state index is 13.3. The number of halogens is 1. The molecule has 2 aromatic heterocycles. The number of aliphatic carboxylic acids is 1. The van der Waals surface area contributed by atoms with E-state index < -0.39 is 5.97 Å². The number of hydrogen-bond donors (Lipinski definition) is 2. The van der Waals surface area contributed by atoms with Crippen molar-refractivity contribution in [2.45, 2.75) is 38.3 Å². The largest absolute Gasteiger partial charge is 0.481 e. The highest BCUT2D eigenvalue weighted by Gasteiger charge is 2.55. The third kappa shape index (κ3) is 4.41. The first kappa shape index (κ1) is 24.5. The average Bonchev–Trinajstić information content (AvgIpc) is 3.29. The van der Waals surface area contributed by atoms with Crippen molar-refractivity contribution in [2.75, 3.05) is 7.11 Å². The first-order valence-corrected chi connectivity index (χ1v) is 13.1. The van der Waals surface area contributed by atoms with Crippen molar-refractivity contribution in [3.8, 4) is 17.0 Å². The highest BCUT2D eigenvalue weighted by atomic mass is 35.5. The number of carboxylic acid groups (broad SMARTS) is 1. The van der Waals surface area contributed by atoms with Gasteiger partial charge in [0.1, 0.15) is 0 Å². The van der Waals surface area contributed by atoms with Crippen molar-refractivity contribution in [1.29, 1.82) is 0 Å². The van der Waals surface area contributed by atoms with Crippen LogP contribution in [0.2, 0.25) is 5.02 Å². The summed E-state index contributed by atoms with van der Waals surface area (Å²) in [4.78, 5) is 28.7. The van der Waals surface area contributed by atoms with Crippen molar-refractivity contribution in [3.63, 3.8) is 0 Å². The van der Waals surface area contributed by atoms with Gasteiger partial charge in [0.05, 0.1) is 24.1 Å². The zero-order valence-electron chi connectivity index (χ0n) is 21.0. The van der Waals surface area contributed by atoms with Crippen LogP contribution in [0.4, 0.5) is 0 Å². The molecular formula is C30H28ClN3O4. The molecule has 194 valence electrons. The van der Waals surface area contributed by atoms with E-state index in [1.54, 1.807) is 25.4 Å². The molecule has 38 heavy (non-hydrogen) atoms. The van der Waals surface area contributed by atoms with E-state index in [9.17, 15) is 14.7 Å². The van der Waals surface area contributed by atoms with Gasteiger partial charge in [-0.05, 0) is 72.1 Å². The highest BCUT2D eigenvalue weighted by molar-refractivity contribution is 6.36. The predicted octanol–water partition coefficient (Wildman–Crippen LogP) is 5.79. The monoisotopic (exact) mass is 529 g/mol. The second-order valence-corrected chi connectivity index (χ2v) is 11.0. The number of carbonyl (C=O) groups is 2. The Kier molecular flexibility index (Phi) is 6.11. The Morgan fingerprint density at radius 1 is 1.08 bits per heavy atom. The Morgan fingerprint density at radius 3 is 2.55 bits per heavy atom. The molecule has 2 aromatic carbocycles. The molecule has 2 N–H and O–H groups in total. The van der Waals surface area contributed by atoms with Crippen LogP contribution >= 0.6 is 11.6 Å². The van der Waals surface area contributed by atoms with Crippen molar-refractivity contribution in [3.05, 3.63) is 83.1 Å². The first-order chi connectivity index (χ1) is 18.3. The number of carboxylic acids is 1. The maximum Gasteiger partial charge on any atom is 0.306 e. The molecular weight excluding hydrogens is 502 g/mol. The standard InChI is InChI=1S/C30H28ClN3O4/c1-38-26-12-20(8-10-32-26)19-4-2-18(3-5-19)17-34-11-9-23-25(31)7-6-24(27(23)34)28(35)33-22-15-30(16-22)13-21(14-30)29(36)37/h2-12,21-22H,13-17H2,1H3,(H,33,35)(H,36,37). The number of nitrogens with one attached hydrogen (secondary N) is 1. The molecule has 8 heteroatoms. The first-order valence-electron chi connectivity index (χ1n) is 12.7. The van der Waals surface area contributed by atoms with E-state index in [1.165, 1.54) is 0 Å². The lowest BCUT2D eigenvalue weighted by Crippen LogP contribution is -2.57. The van der Waals surface area contributed by atoms with Crippen LogP contribution in [0.15, 0.2) is 67.0 Å². The molecule has 7 nitrogen and oxygen atoms in total. The average molecular weight is 530 g/mol. The van der Waals surface area contributed by atoms with E-state index in [-0.39, 0.29) is 23.3 Å². The van der Waals surface area contributed by atoms with Crippen LogP contribution in [0.1, 0.15) is 41.6 Å². The van der Waals surface area contributed by atoms with E-state index in [2.05, 4.69) is 39.1 Å². The normalized spacial score (nSPS) is 22.1. The summed E-state index contributed by atoms with van der Waals surface area (Å²) in [5, 5.41) is 13.8. The molecule has 1 amide bonds. The van der Waals surface area contributed by atoms with Crippen LogP contribution < -0.4 is 10.1 Å². The van der Waals surface area contributed by atoms with Gasteiger partial charge in [0.25, 0.3) is 5.91 Å². The Balaban J connectivity index is 1.19. The number of ether oxygens (including phenoxy) is 1. The van der Waals surface area contributed by atoms with Crippen LogP contribution in [0.3, 0.4) is 0 Å². The molecule has 0 aliphatic heterocycles. The lowest BCUT2D eigenvalue weighted by molar-refractivity contribution is -0.155. The molecule has 0 radical (unpaired) electrons.